The summed E-state index contributed by atoms with van der Waals surface area (Å²) in [5.41, 5.74) is 1.51. The van der Waals surface area contributed by atoms with E-state index in [0.717, 1.165) is 15.2 Å². The first kappa shape index (κ1) is 17.6. The zero-order valence-electron chi connectivity index (χ0n) is 13.9. The Morgan fingerprint density at radius 3 is 2.69 bits per heavy atom. The van der Waals surface area contributed by atoms with Gasteiger partial charge in [0.05, 0.1) is 34.6 Å². The number of carbonyl (C=O) groups is 3. The first-order chi connectivity index (χ1) is 12.5. The normalized spacial score (nSPS) is 10.5. The van der Waals surface area contributed by atoms with Crippen molar-refractivity contribution in [3.8, 4) is 0 Å². The van der Waals surface area contributed by atoms with E-state index >= 15 is 0 Å². The molecule has 0 saturated carbocycles. The maximum atomic E-state index is 11.9. The van der Waals surface area contributed by atoms with E-state index in [2.05, 4.69) is 20.9 Å². The average molecular weight is 372 g/mol. The Bertz CT molecular complexity index is 949. The third kappa shape index (κ3) is 4.45. The monoisotopic (exact) mass is 372 g/mol. The smallest absolute Gasteiger partial charge is 0.287 e. The van der Waals surface area contributed by atoms with E-state index in [0.29, 0.717) is 5.69 Å². The van der Waals surface area contributed by atoms with Gasteiger partial charge in [-0.1, -0.05) is 0 Å². The average Bonchev–Trinajstić information content (AvgIpc) is 3.26. The van der Waals surface area contributed by atoms with Crippen LogP contribution >= 0.6 is 11.3 Å². The number of anilines is 1. The highest BCUT2D eigenvalue weighted by atomic mass is 32.1. The second kappa shape index (κ2) is 7.79. The third-order valence-electron chi connectivity index (χ3n) is 3.38. The van der Waals surface area contributed by atoms with Crippen LogP contribution in [0.15, 0.2) is 41.0 Å². The minimum Gasteiger partial charge on any atom is -0.459 e. The van der Waals surface area contributed by atoms with Crippen LogP contribution in [-0.2, 0) is 9.59 Å². The molecule has 26 heavy (non-hydrogen) atoms. The molecular weight excluding hydrogens is 356 g/mol. The Kier molecular flexibility index (Phi) is 5.28. The molecule has 1 aromatic carbocycles. The van der Waals surface area contributed by atoms with Crippen LogP contribution in [0.5, 0.6) is 0 Å². The van der Waals surface area contributed by atoms with Crippen molar-refractivity contribution in [1.29, 1.82) is 0 Å². The number of aryl methyl sites for hydroxylation is 1. The summed E-state index contributed by atoms with van der Waals surface area (Å²) in [4.78, 5) is 39.6. The lowest BCUT2D eigenvalue weighted by atomic mass is 10.3. The van der Waals surface area contributed by atoms with Crippen LogP contribution in [0.4, 0.5) is 5.69 Å². The van der Waals surface area contributed by atoms with E-state index in [1.54, 1.807) is 12.1 Å². The van der Waals surface area contributed by atoms with Crippen LogP contribution in [0, 0.1) is 6.92 Å². The number of rotatable bonds is 6. The van der Waals surface area contributed by atoms with Crippen molar-refractivity contribution in [1.82, 2.24) is 15.6 Å². The molecule has 0 fully saturated rings. The quantitative estimate of drug-likeness (QED) is 0.609. The van der Waals surface area contributed by atoms with Crippen molar-refractivity contribution in [2.24, 2.45) is 0 Å². The van der Waals surface area contributed by atoms with Gasteiger partial charge < -0.3 is 20.4 Å². The van der Waals surface area contributed by atoms with Gasteiger partial charge in [0.1, 0.15) is 0 Å². The number of hydrogen-bond acceptors (Lipinski definition) is 6. The molecule has 0 radical (unpaired) electrons. The molecule has 0 atom stereocenters. The van der Waals surface area contributed by atoms with Gasteiger partial charge in [-0.3, -0.25) is 14.4 Å². The molecule has 0 unspecified atom stereocenters. The van der Waals surface area contributed by atoms with E-state index < -0.39 is 11.8 Å². The molecule has 3 N–H and O–H groups in total. The minimum absolute atomic E-state index is 0.115. The van der Waals surface area contributed by atoms with Crippen molar-refractivity contribution >= 4 is 45.0 Å². The summed E-state index contributed by atoms with van der Waals surface area (Å²) < 4.78 is 5.89. The number of benzene rings is 1. The van der Waals surface area contributed by atoms with E-state index in [1.165, 1.54) is 23.7 Å². The standard InChI is InChI=1S/C17H16N4O4S/c1-10-20-12-5-4-11(7-14(12)26-10)21-16(23)9-18-15(22)8-19-17(24)13-3-2-6-25-13/h2-7H,8-9H2,1H3,(H,18,22)(H,19,24)(H,21,23). The van der Waals surface area contributed by atoms with E-state index in [9.17, 15) is 14.4 Å². The molecule has 8 nitrogen and oxygen atoms in total. The summed E-state index contributed by atoms with van der Waals surface area (Å²) in [5, 5.41) is 8.50. The summed E-state index contributed by atoms with van der Waals surface area (Å²) >= 11 is 1.54. The summed E-state index contributed by atoms with van der Waals surface area (Å²) in [6, 6.07) is 8.48. The summed E-state index contributed by atoms with van der Waals surface area (Å²) in [6.45, 7) is 1.47. The molecular formula is C17H16N4O4S. The maximum absolute atomic E-state index is 11.9. The molecule has 9 heteroatoms. The van der Waals surface area contributed by atoms with Gasteiger partial charge in [0.25, 0.3) is 5.91 Å². The number of nitrogens with one attached hydrogen (secondary N) is 3. The van der Waals surface area contributed by atoms with Gasteiger partial charge in [-0.15, -0.1) is 11.3 Å². The second-order valence-electron chi connectivity index (χ2n) is 5.40. The first-order valence-electron chi connectivity index (χ1n) is 7.77. The number of fused-ring (bicyclic) bond motifs is 1. The summed E-state index contributed by atoms with van der Waals surface area (Å²) in [6.07, 6.45) is 1.37. The molecule has 0 aliphatic rings. The number of hydrogen-bond donors (Lipinski definition) is 3. The molecule has 3 amide bonds. The lowest BCUT2D eigenvalue weighted by Crippen LogP contribution is -2.40. The molecule has 0 aliphatic carbocycles. The molecule has 0 spiro atoms. The van der Waals surface area contributed by atoms with Crippen LogP contribution in [0.3, 0.4) is 0 Å². The first-order valence-corrected chi connectivity index (χ1v) is 8.58. The van der Waals surface area contributed by atoms with E-state index in [4.69, 9.17) is 4.42 Å². The minimum atomic E-state index is -0.497. The lowest BCUT2D eigenvalue weighted by Gasteiger charge is -2.07. The molecule has 0 aliphatic heterocycles. The molecule has 3 aromatic rings. The van der Waals surface area contributed by atoms with Crippen molar-refractivity contribution in [2.45, 2.75) is 6.92 Å². The number of carbonyl (C=O) groups excluding carboxylic acids is 3. The zero-order valence-corrected chi connectivity index (χ0v) is 14.7. The zero-order chi connectivity index (χ0) is 18.5. The van der Waals surface area contributed by atoms with Crippen molar-refractivity contribution < 1.29 is 18.8 Å². The van der Waals surface area contributed by atoms with Crippen molar-refractivity contribution in [3.05, 3.63) is 47.4 Å². The van der Waals surface area contributed by atoms with E-state index in [-0.39, 0.29) is 24.8 Å². The van der Waals surface area contributed by atoms with Gasteiger partial charge in [0, 0.05) is 5.69 Å². The Morgan fingerprint density at radius 1 is 1.12 bits per heavy atom. The summed E-state index contributed by atoms with van der Waals surface area (Å²) in [7, 11) is 0. The Balaban J connectivity index is 1.44. The van der Waals surface area contributed by atoms with Gasteiger partial charge in [0.15, 0.2) is 5.76 Å². The predicted molar refractivity (Wildman–Crippen MR) is 97.0 cm³/mol. The van der Waals surface area contributed by atoms with Gasteiger partial charge in [-0.05, 0) is 37.3 Å². The highest BCUT2D eigenvalue weighted by Gasteiger charge is 2.11. The Morgan fingerprint density at radius 2 is 1.92 bits per heavy atom. The number of aromatic nitrogens is 1. The van der Waals surface area contributed by atoms with Crippen molar-refractivity contribution in [3.63, 3.8) is 0 Å². The largest absolute Gasteiger partial charge is 0.459 e. The molecule has 134 valence electrons. The van der Waals surface area contributed by atoms with E-state index in [1.807, 2.05) is 19.1 Å². The van der Waals surface area contributed by atoms with Crippen molar-refractivity contribution in [2.75, 3.05) is 18.4 Å². The molecule has 2 heterocycles. The number of nitrogens with zero attached hydrogens (tertiary/aromatic N) is 1. The fourth-order valence-electron chi connectivity index (χ4n) is 2.22. The predicted octanol–water partition coefficient (Wildman–Crippen LogP) is 1.68. The summed E-state index contributed by atoms with van der Waals surface area (Å²) in [5.74, 6) is -1.23. The topological polar surface area (TPSA) is 113 Å². The highest BCUT2D eigenvalue weighted by Crippen LogP contribution is 2.24. The van der Waals surface area contributed by atoms with Crippen LogP contribution in [0.1, 0.15) is 15.6 Å². The fourth-order valence-corrected chi connectivity index (χ4v) is 3.09. The second-order valence-corrected chi connectivity index (χ2v) is 6.64. The van der Waals surface area contributed by atoms with Gasteiger partial charge in [-0.2, -0.15) is 0 Å². The SMILES string of the molecule is Cc1nc2ccc(NC(=O)CNC(=O)CNC(=O)c3ccco3)cc2s1. The highest BCUT2D eigenvalue weighted by molar-refractivity contribution is 7.18. The van der Waals surface area contributed by atoms with Crippen LogP contribution < -0.4 is 16.0 Å². The van der Waals surface area contributed by atoms with Crippen LogP contribution in [0.2, 0.25) is 0 Å². The molecule has 0 saturated heterocycles. The van der Waals surface area contributed by atoms with Gasteiger partial charge in [-0.25, -0.2) is 4.98 Å². The molecule has 0 bridgehead atoms. The maximum Gasteiger partial charge on any atom is 0.287 e. The molecule has 2 aromatic heterocycles. The Hall–Kier alpha value is -3.20. The molecule has 3 rings (SSSR count). The number of thiazole rings is 1. The third-order valence-corrected chi connectivity index (χ3v) is 4.31. The van der Waals surface area contributed by atoms with Crippen LogP contribution in [0.25, 0.3) is 10.2 Å². The lowest BCUT2D eigenvalue weighted by molar-refractivity contribution is -0.123. The van der Waals surface area contributed by atoms with Gasteiger partial charge >= 0.3 is 0 Å². The number of amides is 3. The van der Waals surface area contributed by atoms with Gasteiger partial charge in [0.2, 0.25) is 11.8 Å². The Labute approximate surface area is 152 Å². The fraction of sp³-hybridized carbons (Fsp3) is 0.176. The van der Waals surface area contributed by atoms with Crippen LogP contribution in [-0.4, -0.2) is 35.8 Å². The number of furan rings is 1.